The number of hydrogen-bond donors (Lipinski definition) is 2. The molecule has 1 atom stereocenters. The van der Waals surface area contributed by atoms with Crippen LogP contribution in [0.25, 0.3) is 0 Å². The highest BCUT2D eigenvalue weighted by atomic mass is 35.5. The average molecular weight is 342 g/mol. The Morgan fingerprint density at radius 1 is 1.43 bits per heavy atom. The molecule has 2 N–H and O–H groups in total. The first-order valence-corrected chi connectivity index (χ1v) is 8.34. The molecule has 1 amide bonds. The van der Waals surface area contributed by atoms with Gasteiger partial charge in [0.15, 0.2) is 0 Å². The number of halogens is 2. The number of benzene rings is 1. The first kappa shape index (κ1) is 16.5. The Bertz CT molecular complexity index is 573. The predicted octanol–water partition coefficient (Wildman–Crippen LogP) is 1.68. The SMILES string of the molecule is O=C(NCc1cc(N2CCOCC2)cc(Cl)c1F)C1CCCN1. The Hall–Kier alpha value is -1.37. The van der Waals surface area contributed by atoms with Crippen LogP contribution >= 0.6 is 11.6 Å². The highest BCUT2D eigenvalue weighted by molar-refractivity contribution is 6.31. The monoisotopic (exact) mass is 341 g/mol. The standard InChI is InChI=1S/C16H21ClFN3O2/c17-13-9-12(21-4-6-23-7-5-21)8-11(15(13)18)10-20-16(22)14-2-1-3-19-14/h8-9,14,19H,1-7,10H2,(H,20,22). The summed E-state index contributed by atoms with van der Waals surface area (Å²) >= 11 is 6.02. The van der Waals surface area contributed by atoms with Gasteiger partial charge in [-0.3, -0.25) is 4.79 Å². The van der Waals surface area contributed by atoms with Gasteiger partial charge >= 0.3 is 0 Å². The lowest BCUT2D eigenvalue weighted by molar-refractivity contribution is -0.122. The highest BCUT2D eigenvalue weighted by Gasteiger charge is 2.22. The minimum Gasteiger partial charge on any atom is -0.378 e. The number of anilines is 1. The van der Waals surface area contributed by atoms with Crippen LogP contribution in [-0.4, -0.2) is 44.8 Å². The maximum absolute atomic E-state index is 14.2. The topological polar surface area (TPSA) is 53.6 Å². The molecule has 0 bridgehead atoms. The normalized spacial score (nSPS) is 21.5. The fourth-order valence-electron chi connectivity index (χ4n) is 2.98. The molecule has 0 spiro atoms. The Balaban J connectivity index is 1.69. The summed E-state index contributed by atoms with van der Waals surface area (Å²) in [4.78, 5) is 14.2. The van der Waals surface area contributed by atoms with Gasteiger partial charge in [-0.2, -0.15) is 0 Å². The number of nitrogens with one attached hydrogen (secondary N) is 2. The third kappa shape index (κ3) is 3.94. The van der Waals surface area contributed by atoms with Crippen molar-refractivity contribution < 1.29 is 13.9 Å². The zero-order valence-electron chi connectivity index (χ0n) is 12.9. The van der Waals surface area contributed by atoms with E-state index in [0.717, 1.165) is 38.2 Å². The van der Waals surface area contributed by atoms with Gasteiger partial charge in [-0.15, -0.1) is 0 Å². The van der Waals surface area contributed by atoms with E-state index in [2.05, 4.69) is 15.5 Å². The Morgan fingerprint density at radius 2 is 2.22 bits per heavy atom. The summed E-state index contributed by atoms with van der Waals surface area (Å²) in [5, 5.41) is 6.00. The Morgan fingerprint density at radius 3 is 2.91 bits per heavy atom. The summed E-state index contributed by atoms with van der Waals surface area (Å²) < 4.78 is 19.6. The molecular formula is C16H21ClFN3O2. The number of ether oxygens (including phenoxy) is 1. The summed E-state index contributed by atoms with van der Waals surface area (Å²) in [5.74, 6) is -0.557. The third-order valence-electron chi connectivity index (χ3n) is 4.29. The number of morpholine rings is 1. The molecule has 2 aliphatic heterocycles. The van der Waals surface area contributed by atoms with Gasteiger partial charge in [0.2, 0.25) is 5.91 Å². The van der Waals surface area contributed by atoms with Crippen molar-refractivity contribution in [2.45, 2.75) is 25.4 Å². The van der Waals surface area contributed by atoms with Gasteiger partial charge in [0.05, 0.1) is 24.3 Å². The number of nitrogens with zero attached hydrogens (tertiary/aromatic N) is 1. The third-order valence-corrected chi connectivity index (χ3v) is 4.57. The fraction of sp³-hybridized carbons (Fsp3) is 0.562. The summed E-state index contributed by atoms with van der Waals surface area (Å²) in [7, 11) is 0. The molecule has 5 nitrogen and oxygen atoms in total. The summed E-state index contributed by atoms with van der Waals surface area (Å²) in [6.07, 6.45) is 1.81. The molecule has 2 heterocycles. The molecular weight excluding hydrogens is 321 g/mol. The van der Waals surface area contributed by atoms with Crippen LogP contribution in [0.3, 0.4) is 0 Å². The minimum absolute atomic E-state index is 0.0808. The van der Waals surface area contributed by atoms with E-state index >= 15 is 0 Å². The van der Waals surface area contributed by atoms with Gasteiger partial charge in [0.25, 0.3) is 0 Å². The summed E-state index contributed by atoms with van der Waals surface area (Å²) in [5.41, 5.74) is 1.27. The number of carbonyl (C=O) groups excluding carboxylic acids is 1. The van der Waals surface area contributed by atoms with Crippen LogP contribution in [0.4, 0.5) is 10.1 Å². The van der Waals surface area contributed by atoms with Gasteiger partial charge in [-0.05, 0) is 31.5 Å². The quantitative estimate of drug-likeness (QED) is 0.875. The molecule has 7 heteroatoms. The second kappa shape index (κ2) is 7.47. The second-order valence-corrected chi connectivity index (χ2v) is 6.27. The number of amides is 1. The maximum Gasteiger partial charge on any atom is 0.237 e. The molecule has 2 fully saturated rings. The summed E-state index contributed by atoms with van der Waals surface area (Å²) in [6.45, 7) is 3.79. The van der Waals surface area contributed by atoms with Crippen LogP contribution in [0.15, 0.2) is 12.1 Å². The molecule has 3 rings (SSSR count). The lowest BCUT2D eigenvalue weighted by Crippen LogP contribution is -2.40. The molecule has 0 saturated carbocycles. The van der Waals surface area contributed by atoms with Crippen molar-refractivity contribution in [2.75, 3.05) is 37.7 Å². The molecule has 2 saturated heterocycles. The first-order valence-electron chi connectivity index (χ1n) is 7.97. The van der Waals surface area contributed by atoms with E-state index in [-0.39, 0.29) is 23.5 Å². The molecule has 1 aromatic rings. The van der Waals surface area contributed by atoms with Gasteiger partial charge in [-0.25, -0.2) is 4.39 Å². The molecule has 126 valence electrons. The van der Waals surface area contributed by atoms with Crippen molar-refractivity contribution in [3.8, 4) is 0 Å². The zero-order valence-corrected chi connectivity index (χ0v) is 13.7. The Labute approximate surface area is 140 Å². The van der Waals surface area contributed by atoms with Crippen molar-refractivity contribution in [3.63, 3.8) is 0 Å². The average Bonchev–Trinajstić information content (AvgIpc) is 3.11. The fourth-order valence-corrected chi connectivity index (χ4v) is 3.21. The minimum atomic E-state index is -0.469. The highest BCUT2D eigenvalue weighted by Crippen LogP contribution is 2.27. The van der Waals surface area contributed by atoms with E-state index in [0.29, 0.717) is 18.8 Å². The lowest BCUT2D eigenvalue weighted by Gasteiger charge is -2.29. The van der Waals surface area contributed by atoms with Crippen LogP contribution in [0.2, 0.25) is 5.02 Å². The largest absolute Gasteiger partial charge is 0.378 e. The van der Waals surface area contributed by atoms with Crippen LogP contribution < -0.4 is 15.5 Å². The molecule has 0 radical (unpaired) electrons. The van der Waals surface area contributed by atoms with E-state index in [1.165, 1.54) is 0 Å². The maximum atomic E-state index is 14.2. The van der Waals surface area contributed by atoms with Gasteiger partial charge < -0.3 is 20.3 Å². The predicted molar refractivity (Wildman–Crippen MR) is 87.3 cm³/mol. The van der Waals surface area contributed by atoms with Gasteiger partial charge in [-0.1, -0.05) is 11.6 Å². The summed E-state index contributed by atoms with van der Waals surface area (Å²) in [6, 6.07) is 3.22. The van der Waals surface area contributed by atoms with Crippen molar-refractivity contribution in [1.29, 1.82) is 0 Å². The lowest BCUT2D eigenvalue weighted by atomic mass is 10.1. The number of rotatable bonds is 4. The van der Waals surface area contributed by atoms with Crippen LogP contribution in [0.1, 0.15) is 18.4 Å². The Kier molecular flexibility index (Phi) is 5.35. The van der Waals surface area contributed by atoms with E-state index in [1.807, 2.05) is 0 Å². The molecule has 1 unspecified atom stereocenters. The van der Waals surface area contributed by atoms with Crippen molar-refractivity contribution in [2.24, 2.45) is 0 Å². The van der Waals surface area contributed by atoms with Crippen LogP contribution in [-0.2, 0) is 16.1 Å². The molecule has 0 aromatic heterocycles. The van der Waals surface area contributed by atoms with Crippen molar-refractivity contribution >= 4 is 23.2 Å². The number of hydrogen-bond acceptors (Lipinski definition) is 4. The smallest absolute Gasteiger partial charge is 0.237 e. The van der Waals surface area contributed by atoms with E-state index in [9.17, 15) is 9.18 Å². The second-order valence-electron chi connectivity index (χ2n) is 5.87. The van der Waals surface area contributed by atoms with E-state index in [4.69, 9.17) is 16.3 Å². The van der Waals surface area contributed by atoms with Crippen LogP contribution in [0, 0.1) is 5.82 Å². The molecule has 0 aliphatic carbocycles. The molecule has 23 heavy (non-hydrogen) atoms. The van der Waals surface area contributed by atoms with E-state index in [1.54, 1.807) is 12.1 Å². The van der Waals surface area contributed by atoms with E-state index < -0.39 is 5.82 Å². The zero-order chi connectivity index (χ0) is 16.2. The first-order chi connectivity index (χ1) is 11.1. The molecule has 1 aromatic carbocycles. The van der Waals surface area contributed by atoms with Crippen molar-refractivity contribution in [1.82, 2.24) is 10.6 Å². The van der Waals surface area contributed by atoms with Crippen molar-refractivity contribution in [3.05, 3.63) is 28.5 Å². The van der Waals surface area contributed by atoms with Gasteiger partial charge in [0.1, 0.15) is 5.82 Å². The molecule has 2 aliphatic rings. The van der Waals surface area contributed by atoms with Crippen LogP contribution in [0.5, 0.6) is 0 Å². The number of carbonyl (C=O) groups is 1. The van der Waals surface area contributed by atoms with Gasteiger partial charge in [0, 0.05) is 30.9 Å².